The molecular formula is C23H28N2O2S2. The Bertz CT molecular complexity index is 1080. The van der Waals surface area contributed by atoms with Crippen LogP contribution in [0.25, 0.3) is 15.9 Å². The zero-order chi connectivity index (χ0) is 20.6. The summed E-state index contributed by atoms with van der Waals surface area (Å²) < 4.78 is 7.93. The highest BCUT2D eigenvalue weighted by molar-refractivity contribution is 7.99. The average Bonchev–Trinajstić information content (AvgIpc) is 3.07. The van der Waals surface area contributed by atoms with Crippen molar-refractivity contribution in [3.63, 3.8) is 0 Å². The molecule has 0 aliphatic carbocycles. The van der Waals surface area contributed by atoms with Crippen LogP contribution >= 0.6 is 23.1 Å². The second-order valence-corrected chi connectivity index (χ2v) is 10.2. The maximum Gasteiger partial charge on any atom is 0.267 e. The highest BCUT2D eigenvalue weighted by Crippen LogP contribution is 2.39. The maximum atomic E-state index is 13.8. The van der Waals surface area contributed by atoms with Crippen molar-refractivity contribution in [2.45, 2.75) is 70.7 Å². The molecule has 4 rings (SSSR count). The molecule has 0 fully saturated rings. The van der Waals surface area contributed by atoms with Crippen LogP contribution in [0.5, 0.6) is 0 Å². The fraction of sp³-hybridized carbons (Fsp3) is 0.478. The first-order valence-electron chi connectivity index (χ1n) is 10.4. The van der Waals surface area contributed by atoms with Crippen LogP contribution in [0.1, 0.15) is 56.0 Å². The largest absolute Gasteiger partial charge is 0.369 e. The highest BCUT2D eigenvalue weighted by atomic mass is 32.2. The van der Waals surface area contributed by atoms with Crippen LogP contribution < -0.4 is 5.56 Å². The van der Waals surface area contributed by atoms with E-state index in [0.29, 0.717) is 6.61 Å². The molecule has 0 N–H and O–H groups in total. The fourth-order valence-corrected chi connectivity index (χ4v) is 5.89. The summed E-state index contributed by atoms with van der Waals surface area (Å²) in [6.07, 6.45) is 3.93. The molecule has 2 aromatic heterocycles. The molecule has 4 nitrogen and oxygen atoms in total. The third-order valence-corrected chi connectivity index (χ3v) is 7.87. The molecule has 0 bridgehead atoms. The number of rotatable bonds is 6. The molecule has 1 aliphatic heterocycles. The van der Waals surface area contributed by atoms with Crippen molar-refractivity contribution in [1.82, 2.24) is 9.55 Å². The lowest BCUT2D eigenvalue weighted by molar-refractivity contribution is -0.0543. The molecule has 6 heteroatoms. The molecule has 154 valence electrons. The van der Waals surface area contributed by atoms with E-state index in [9.17, 15) is 4.79 Å². The summed E-state index contributed by atoms with van der Waals surface area (Å²) in [5.74, 6) is 0.961. The fourth-order valence-electron chi connectivity index (χ4n) is 3.65. The monoisotopic (exact) mass is 428 g/mol. The molecule has 3 aromatic rings. The first kappa shape index (κ1) is 20.6. The number of hydrogen-bond acceptors (Lipinski definition) is 5. The number of unbranched alkanes of at least 4 members (excludes halogenated alkanes) is 1. The average molecular weight is 429 g/mol. The van der Waals surface area contributed by atoms with Gasteiger partial charge in [-0.15, -0.1) is 11.3 Å². The van der Waals surface area contributed by atoms with E-state index in [4.69, 9.17) is 9.72 Å². The Hall–Kier alpha value is -1.63. The first-order valence-corrected chi connectivity index (χ1v) is 12.2. The normalized spacial score (nSPS) is 18.9. The van der Waals surface area contributed by atoms with Gasteiger partial charge in [-0.1, -0.05) is 49.7 Å². The zero-order valence-corrected chi connectivity index (χ0v) is 19.2. The van der Waals surface area contributed by atoms with E-state index in [0.717, 1.165) is 62.9 Å². The van der Waals surface area contributed by atoms with Crippen molar-refractivity contribution < 1.29 is 4.74 Å². The van der Waals surface area contributed by atoms with Crippen LogP contribution in [0.15, 0.2) is 34.2 Å². The van der Waals surface area contributed by atoms with E-state index in [2.05, 4.69) is 39.8 Å². The molecular weight excluding hydrogens is 400 g/mol. The molecule has 0 unspecified atom stereocenters. The van der Waals surface area contributed by atoms with Crippen LogP contribution in [0.3, 0.4) is 0 Å². The second-order valence-electron chi connectivity index (χ2n) is 8.03. The third-order valence-electron chi connectivity index (χ3n) is 5.75. The number of aryl methyl sites for hydroxylation is 1. The summed E-state index contributed by atoms with van der Waals surface area (Å²) in [7, 11) is 0. The number of fused-ring (bicyclic) bond motifs is 3. The van der Waals surface area contributed by atoms with Gasteiger partial charge in [0.15, 0.2) is 5.16 Å². The minimum absolute atomic E-state index is 0.0516. The Morgan fingerprint density at radius 3 is 2.72 bits per heavy atom. The highest BCUT2D eigenvalue weighted by Gasteiger charge is 2.33. The number of ether oxygens (including phenoxy) is 1. The number of thiophene rings is 1. The van der Waals surface area contributed by atoms with E-state index < -0.39 is 0 Å². The van der Waals surface area contributed by atoms with Gasteiger partial charge in [0.25, 0.3) is 5.56 Å². The molecule has 1 aliphatic rings. The summed E-state index contributed by atoms with van der Waals surface area (Å²) in [5, 5.41) is 1.57. The van der Waals surface area contributed by atoms with E-state index in [1.54, 1.807) is 23.1 Å². The molecule has 1 atom stereocenters. The van der Waals surface area contributed by atoms with Crippen molar-refractivity contribution in [3.8, 4) is 5.69 Å². The number of benzene rings is 1. The van der Waals surface area contributed by atoms with Crippen LogP contribution in [0, 0.1) is 6.92 Å². The van der Waals surface area contributed by atoms with Gasteiger partial charge in [-0.25, -0.2) is 4.98 Å². The minimum atomic E-state index is -0.212. The molecule has 3 heterocycles. The van der Waals surface area contributed by atoms with Gasteiger partial charge in [0.1, 0.15) is 4.83 Å². The number of aromatic nitrogens is 2. The number of thioether (sulfide) groups is 1. The Labute approximate surface area is 180 Å². The van der Waals surface area contributed by atoms with Gasteiger partial charge in [0, 0.05) is 17.1 Å². The van der Waals surface area contributed by atoms with Crippen molar-refractivity contribution in [1.29, 1.82) is 0 Å². The zero-order valence-electron chi connectivity index (χ0n) is 17.6. The summed E-state index contributed by atoms with van der Waals surface area (Å²) in [4.78, 5) is 20.8. The van der Waals surface area contributed by atoms with Gasteiger partial charge < -0.3 is 4.74 Å². The van der Waals surface area contributed by atoms with Crippen LogP contribution in [-0.2, 0) is 17.8 Å². The topological polar surface area (TPSA) is 44.1 Å². The van der Waals surface area contributed by atoms with Crippen molar-refractivity contribution >= 4 is 33.3 Å². The molecule has 29 heavy (non-hydrogen) atoms. The smallest absolute Gasteiger partial charge is 0.267 e. The minimum Gasteiger partial charge on any atom is -0.369 e. The molecule has 0 saturated heterocycles. The van der Waals surface area contributed by atoms with E-state index >= 15 is 0 Å². The quantitative estimate of drug-likeness (QED) is 0.279. The lowest BCUT2D eigenvalue weighted by Crippen LogP contribution is -2.34. The first-order chi connectivity index (χ1) is 14.0. The van der Waals surface area contributed by atoms with Crippen molar-refractivity contribution in [3.05, 3.63) is 50.6 Å². The molecule has 0 saturated carbocycles. The standard InChI is InChI=1S/C23H28N2O2S2/c1-5-7-12-28-22-24-20-19(17-13-23(4,6-2)27-14-18(17)29-20)21(26)25(22)16-10-8-15(3)9-11-16/h8-11H,5-7,12-14H2,1-4H3/t23-/m1/s1. The van der Waals surface area contributed by atoms with Crippen LogP contribution in [0.4, 0.5) is 0 Å². The SMILES string of the molecule is CCCCSc1nc2sc3c(c2c(=O)n1-c1ccc(C)cc1)C[C@@](C)(CC)OC3. The van der Waals surface area contributed by atoms with E-state index in [1.807, 2.05) is 16.7 Å². The van der Waals surface area contributed by atoms with E-state index in [-0.39, 0.29) is 11.2 Å². The lowest BCUT2D eigenvalue weighted by atomic mass is 9.90. The molecule has 0 spiro atoms. The summed E-state index contributed by atoms with van der Waals surface area (Å²) in [6, 6.07) is 8.15. The van der Waals surface area contributed by atoms with Gasteiger partial charge in [0.2, 0.25) is 0 Å². The number of hydrogen-bond donors (Lipinski definition) is 0. The summed E-state index contributed by atoms with van der Waals surface area (Å²) in [6.45, 7) is 9.10. The van der Waals surface area contributed by atoms with Crippen LogP contribution in [-0.4, -0.2) is 20.9 Å². The van der Waals surface area contributed by atoms with Crippen LogP contribution in [0.2, 0.25) is 0 Å². The predicted molar refractivity (Wildman–Crippen MR) is 123 cm³/mol. The summed E-state index contributed by atoms with van der Waals surface area (Å²) in [5.41, 5.74) is 3.05. The predicted octanol–water partition coefficient (Wildman–Crippen LogP) is 5.89. The Kier molecular flexibility index (Phi) is 5.87. The Morgan fingerprint density at radius 1 is 1.28 bits per heavy atom. The second kappa shape index (κ2) is 8.25. The number of nitrogens with zero attached hydrogens (tertiary/aromatic N) is 2. The van der Waals surface area contributed by atoms with Gasteiger partial charge in [-0.3, -0.25) is 9.36 Å². The summed E-state index contributed by atoms with van der Waals surface area (Å²) >= 11 is 3.30. The van der Waals surface area contributed by atoms with Gasteiger partial charge >= 0.3 is 0 Å². The third kappa shape index (κ3) is 3.90. The lowest BCUT2D eigenvalue weighted by Gasteiger charge is -2.32. The Balaban J connectivity index is 1.92. The molecule has 1 aromatic carbocycles. The molecule has 0 radical (unpaired) electrons. The van der Waals surface area contributed by atoms with Crippen molar-refractivity contribution in [2.24, 2.45) is 0 Å². The van der Waals surface area contributed by atoms with Gasteiger partial charge in [0.05, 0.1) is 23.3 Å². The molecule has 0 amide bonds. The van der Waals surface area contributed by atoms with E-state index in [1.165, 1.54) is 5.56 Å². The Morgan fingerprint density at radius 2 is 2.03 bits per heavy atom. The van der Waals surface area contributed by atoms with Gasteiger partial charge in [-0.05, 0) is 44.4 Å². The van der Waals surface area contributed by atoms with Crippen molar-refractivity contribution in [2.75, 3.05) is 5.75 Å². The van der Waals surface area contributed by atoms with Gasteiger partial charge in [-0.2, -0.15) is 0 Å². The maximum absolute atomic E-state index is 13.8.